The average Bonchev–Trinajstić information content (AvgIpc) is 2.83. The van der Waals surface area contributed by atoms with Crippen LogP contribution in [0.2, 0.25) is 5.02 Å². The molecule has 2 aromatic heterocycles. The van der Waals surface area contributed by atoms with Crippen LogP contribution < -0.4 is 5.32 Å². The number of aromatic amines is 1. The maximum atomic E-state index is 12.1. The molecule has 6 heteroatoms. The number of anilines is 1. The summed E-state index contributed by atoms with van der Waals surface area (Å²) in [5, 5.41) is 10.8. The summed E-state index contributed by atoms with van der Waals surface area (Å²) in [5.41, 5.74) is 1.17. The first-order valence-electron chi connectivity index (χ1n) is 5.59. The molecule has 0 fully saturated rings. The van der Waals surface area contributed by atoms with Gasteiger partial charge in [-0.2, -0.15) is 5.10 Å². The smallest absolute Gasteiger partial charge is 0.259 e. The highest BCUT2D eigenvalue weighted by molar-refractivity contribution is 6.34. The summed E-state index contributed by atoms with van der Waals surface area (Å²) in [6, 6.07) is 9.10. The summed E-state index contributed by atoms with van der Waals surface area (Å²) in [5.74, 6) is 0.135. The van der Waals surface area contributed by atoms with Crippen molar-refractivity contribution in [2.24, 2.45) is 0 Å². The Labute approximate surface area is 113 Å². The minimum atomic E-state index is -0.338. The Bertz CT molecular complexity index is 753. The number of fused-ring (bicyclic) bond motifs is 1. The van der Waals surface area contributed by atoms with Gasteiger partial charge in [-0.15, -0.1) is 0 Å². The Balaban J connectivity index is 1.94. The van der Waals surface area contributed by atoms with Crippen molar-refractivity contribution in [3.63, 3.8) is 0 Å². The van der Waals surface area contributed by atoms with E-state index in [0.717, 1.165) is 10.9 Å². The van der Waals surface area contributed by atoms with Crippen LogP contribution in [-0.4, -0.2) is 21.1 Å². The van der Waals surface area contributed by atoms with Gasteiger partial charge in [0.15, 0.2) is 5.82 Å². The first-order valence-corrected chi connectivity index (χ1v) is 5.97. The van der Waals surface area contributed by atoms with Gasteiger partial charge in [0.2, 0.25) is 0 Å². The molecule has 3 aromatic rings. The molecule has 2 N–H and O–H groups in total. The van der Waals surface area contributed by atoms with Crippen molar-refractivity contribution < 1.29 is 4.79 Å². The molecule has 0 saturated carbocycles. The van der Waals surface area contributed by atoms with Crippen LogP contribution in [0.1, 0.15) is 10.4 Å². The van der Waals surface area contributed by atoms with Crippen LogP contribution >= 0.6 is 11.6 Å². The van der Waals surface area contributed by atoms with Gasteiger partial charge < -0.3 is 5.32 Å². The lowest BCUT2D eigenvalue weighted by molar-refractivity contribution is 0.102. The second-order valence-electron chi connectivity index (χ2n) is 3.93. The summed E-state index contributed by atoms with van der Waals surface area (Å²) in [6.45, 7) is 0. The number of benzene rings is 1. The number of pyridine rings is 1. The zero-order chi connectivity index (χ0) is 13.2. The zero-order valence-corrected chi connectivity index (χ0v) is 10.5. The van der Waals surface area contributed by atoms with E-state index in [0.29, 0.717) is 16.4 Å². The molecule has 0 bridgehead atoms. The molecule has 0 aliphatic heterocycles. The molecular weight excluding hydrogens is 264 g/mol. The minimum Gasteiger partial charge on any atom is -0.304 e. The second-order valence-corrected chi connectivity index (χ2v) is 4.33. The van der Waals surface area contributed by atoms with Crippen molar-refractivity contribution in [1.29, 1.82) is 0 Å². The highest BCUT2D eigenvalue weighted by Gasteiger charge is 2.13. The van der Waals surface area contributed by atoms with Gasteiger partial charge in [-0.25, -0.2) is 0 Å². The topological polar surface area (TPSA) is 70.7 Å². The lowest BCUT2D eigenvalue weighted by Crippen LogP contribution is -2.13. The van der Waals surface area contributed by atoms with Gasteiger partial charge in [0.05, 0.1) is 16.1 Å². The number of para-hydroxylation sites is 1. The normalized spacial score (nSPS) is 10.6. The fourth-order valence-corrected chi connectivity index (χ4v) is 1.97. The maximum Gasteiger partial charge on any atom is 0.259 e. The van der Waals surface area contributed by atoms with Crippen LogP contribution in [0.3, 0.4) is 0 Å². The Morgan fingerprint density at radius 3 is 2.95 bits per heavy atom. The SMILES string of the molecule is O=C(Nc1n[nH]c2ccccc12)c1cnccc1Cl. The van der Waals surface area contributed by atoms with E-state index in [1.807, 2.05) is 24.3 Å². The highest BCUT2D eigenvalue weighted by atomic mass is 35.5. The van der Waals surface area contributed by atoms with Crippen molar-refractivity contribution in [2.75, 3.05) is 5.32 Å². The Hall–Kier alpha value is -2.40. The van der Waals surface area contributed by atoms with Gasteiger partial charge in [-0.3, -0.25) is 14.9 Å². The standard InChI is InChI=1S/C13H9ClN4O/c14-10-5-6-15-7-9(10)13(19)16-12-8-3-1-2-4-11(8)17-18-12/h1-7H,(H2,16,17,18,19). The maximum absolute atomic E-state index is 12.1. The lowest BCUT2D eigenvalue weighted by Gasteiger charge is -2.03. The average molecular weight is 273 g/mol. The van der Waals surface area contributed by atoms with Crippen LogP contribution in [0.5, 0.6) is 0 Å². The van der Waals surface area contributed by atoms with E-state index in [1.165, 1.54) is 12.4 Å². The molecule has 0 saturated heterocycles. The Morgan fingerprint density at radius 1 is 1.26 bits per heavy atom. The van der Waals surface area contributed by atoms with Crippen molar-refractivity contribution in [2.45, 2.75) is 0 Å². The molecule has 0 aliphatic carbocycles. The van der Waals surface area contributed by atoms with Crippen LogP contribution in [0.4, 0.5) is 5.82 Å². The number of carbonyl (C=O) groups excluding carboxylic acids is 1. The van der Waals surface area contributed by atoms with Crippen molar-refractivity contribution in [3.05, 3.63) is 53.3 Å². The van der Waals surface area contributed by atoms with Crippen LogP contribution in [-0.2, 0) is 0 Å². The number of H-pyrrole nitrogens is 1. The van der Waals surface area contributed by atoms with E-state index in [-0.39, 0.29) is 5.91 Å². The van der Waals surface area contributed by atoms with Gasteiger partial charge in [0, 0.05) is 17.8 Å². The fourth-order valence-electron chi connectivity index (χ4n) is 1.78. The molecule has 0 unspecified atom stereocenters. The number of rotatable bonds is 2. The molecule has 0 spiro atoms. The van der Waals surface area contributed by atoms with Crippen molar-refractivity contribution >= 4 is 34.2 Å². The summed E-state index contributed by atoms with van der Waals surface area (Å²) in [6.07, 6.45) is 2.95. The van der Waals surface area contributed by atoms with Gasteiger partial charge >= 0.3 is 0 Å². The van der Waals surface area contributed by atoms with Gasteiger partial charge in [0.25, 0.3) is 5.91 Å². The van der Waals surface area contributed by atoms with Crippen LogP contribution in [0.15, 0.2) is 42.7 Å². The predicted molar refractivity (Wildman–Crippen MR) is 73.3 cm³/mol. The largest absolute Gasteiger partial charge is 0.304 e. The quantitative estimate of drug-likeness (QED) is 0.753. The molecule has 0 radical (unpaired) electrons. The minimum absolute atomic E-state index is 0.316. The molecule has 3 rings (SSSR count). The summed E-state index contributed by atoms with van der Waals surface area (Å²) in [7, 11) is 0. The highest BCUT2D eigenvalue weighted by Crippen LogP contribution is 2.21. The van der Waals surface area contributed by atoms with Crippen molar-refractivity contribution in [1.82, 2.24) is 15.2 Å². The molecule has 1 aromatic carbocycles. The molecule has 0 atom stereocenters. The number of nitrogens with zero attached hydrogens (tertiary/aromatic N) is 2. The molecular formula is C13H9ClN4O. The van der Waals surface area contributed by atoms with E-state index in [2.05, 4.69) is 20.5 Å². The zero-order valence-electron chi connectivity index (χ0n) is 9.72. The number of carbonyl (C=O) groups is 1. The first-order chi connectivity index (χ1) is 9.25. The first kappa shape index (κ1) is 11.7. The predicted octanol–water partition coefficient (Wildman–Crippen LogP) is 2.86. The number of hydrogen-bond acceptors (Lipinski definition) is 3. The van der Waals surface area contributed by atoms with Crippen LogP contribution in [0, 0.1) is 0 Å². The van der Waals surface area contributed by atoms with Gasteiger partial charge in [0.1, 0.15) is 0 Å². The number of amides is 1. The number of halogens is 1. The van der Waals surface area contributed by atoms with Crippen LogP contribution in [0.25, 0.3) is 10.9 Å². The second kappa shape index (κ2) is 4.70. The molecule has 5 nitrogen and oxygen atoms in total. The molecule has 0 aliphatic rings. The summed E-state index contributed by atoms with van der Waals surface area (Å²) < 4.78 is 0. The van der Waals surface area contributed by atoms with Gasteiger partial charge in [-0.1, -0.05) is 23.7 Å². The van der Waals surface area contributed by atoms with E-state index < -0.39 is 0 Å². The lowest BCUT2D eigenvalue weighted by atomic mass is 10.2. The fraction of sp³-hybridized carbons (Fsp3) is 0. The summed E-state index contributed by atoms with van der Waals surface area (Å²) >= 11 is 5.95. The van der Waals surface area contributed by atoms with E-state index in [9.17, 15) is 4.79 Å². The number of aromatic nitrogens is 3. The number of hydrogen-bond donors (Lipinski definition) is 2. The van der Waals surface area contributed by atoms with E-state index >= 15 is 0 Å². The Kier molecular flexibility index (Phi) is 2.89. The number of nitrogens with one attached hydrogen (secondary N) is 2. The molecule has 1 amide bonds. The van der Waals surface area contributed by atoms with Crippen molar-refractivity contribution in [3.8, 4) is 0 Å². The monoisotopic (exact) mass is 272 g/mol. The third-order valence-electron chi connectivity index (χ3n) is 2.71. The molecule has 94 valence electrons. The third kappa shape index (κ3) is 2.15. The summed E-state index contributed by atoms with van der Waals surface area (Å²) in [4.78, 5) is 16.0. The molecule has 2 heterocycles. The third-order valence-corrected chi connectivity index (χ3v) is 3.04. The Morgan fingerprint density at radius 2 is 2.11 bits per heavy atom. The molecule has 19 heavy (non-hydrogen) atoms. The van der Waals surface area contributed by atoms with Gasteiger partial charge in [-0.05, 0) is 18.2 Å². The van der Waals surface area contributed by atoms with E-state index in [4.69, 9.17) is 11.6 Å². The van der Waals surface area contributed by atoms with E-state index in [1.54, 1.807) is 6.07 Å².